The molecule has 18 heavy (non-hydrogen) atoms. The van der Waals surface area contributed by atoms with Crippen LogP contribution in [0.1, 0.15) is 32.4 Å². The second-order valence-electron chi connectivity index (χ2n) is 4.93. The molecule has 0 amide bonds. The van der Waals surface area contributed by atoms with Crippen molar-refractivity contribution < 1.29 is 19.4 Å². The summed E-state index contributed by atoms with van der Waals surface area (Å²) in [7, 11) is 0. The highest BCUT2D eigenvalue weighted by Gasteiger charge is 2.56. The van der Waals surface area contributed by atoms with E-state index in [9.17, 15) is 9.90 Å². The second-order valence-corrected chi connectivity index (χ2v) is 5.34. The van der Waals surface area contributed by atoms with E-state index in [-0.39, 0.29) is 0 Å². The van der Waals surface area contributed by atoms with E-state index in [0.29, 0.717) is 10.6 Å². The van der Waals surface area contributed by atoms with E-state index in [2.05, 4.69) is 0 Å². The lowest BCUT2D eigenvalue weighted by Gasteiger charge is -2.24. The summed E-state index contributed by atoms with van der Waals surface area (Å²) in [5.74, 6) is -2.03. The number of hydrogen-bond acceptors (Lipinski definition) is 3. The van der Waals surface area contributed by atoms with Gasteiger partial charge in [-0.3, -0.25) is 0 Å². The molecule has 1 aliphatic rings. The Balaban J connectivity index is 2.49. The van der Waals surface area contributed by atoms with Crippen LogP contribution in [0.5, 0.6) is 0 Å². The van der Waals surface area contributed by atoms with Crippen molar-refractivity contribution in [2.24, 2.45) is 0 Å². The molecule has 2 rings (SSSR count). The Morgan fingerprint density at radius 3 is 2.50 bits per heavy atom. The van der Waals surface area contributed by atoms with Crippen LogP contribution in [0.2, 0.25) is 5.02 Å². The Hall–Kier alpha value is -1.10. The molecule has 98 valence electrons. The molecule has 1 saturated heterocycles. The number of rotatable bonds is 2. The van der Waals surface area contributed by atoms with Crippen molar-refractivity contribution in [1.82, 2.24) is 0 Å². The summed E-state index contributed by atoms with van der Waals surface area (Å²) >= 11 is 6.10. The van der Waals surface area contributed by atoms with E-state index in [1.165, 1.54) is 6.92 Å². The number of carbonyl (C=O) groups is 1. The number of ether oxygens (including phenoxy) is 2. The minimum Gasteiger partial charge on any atom is -0.479 e. The first kappa shape index (κ1) is 13.3. The van der Waals surface area contributed by atoms with Gasteiger partial charge in [0.2, 0.25) is 0 Å². The average Bonchev–Trinajstić information content (AvgIpc) is 2.51. The van der Waals surface area contributed by atoms with Crippen molar-refractivity contribution in [2.75, 3.05) is 0 Å². The molecular weight excluding hydrogens is 256 g/mol. The van der Waals surface area contributed by atoms with Crippen molar-refractivity contribution in [3.05, 3.63) is 34.9 Å². The highest BCUT2D eigenvalue weighted by atomic mass is 35.5. The predicted molar refractivity (Wildman–Crippen MR) is 66.5 cm³/mol. The van der Waals surface area contributed by atoms with Gasteiger partial charge >= 0.3 is 5.97 Å². The zero-order chi connectivity index (χ0) is 13.6. The number of benzene rings is 1. The summed E-state index contributed by atoms with van der Waals surface area (Å²) in [6.07, 6.45) is -0.737. The van der Waals surface area contributed by atoms with E-state index < -0.39 is 23.5 Å². The smallest absolute Gasteiger partial charge is 0.338 e. The van der Waals surface area contributed by atoms with Crippen LogP contribution in [0, 0.1) is 0 Å². The Morgan fingerprint density at radius 1 is 1.33 bits per heavy atom. The molecule has 0 unspecified atom stereocenters. The fourth-order valence-electron chi connectivity index (χ4n) is 2.19. The molecule has 0 saturated carbocycles. The van der Waals surface area contributed by atoms with Crippen LogP contribution < -0.4 is 0 Å². The Labute approximate surface area is 110 Å². The highest BCUT2D eigenvalue weighted by Crippen LogP contribution is 2.47. The first-order valence-electron chi connectivity index (χ1n) is 5.62. The van der Waals surface area contributed by atoms with Gasteiger partial charge in [0.05, 0.1) is 0 Å². The van der Waals surface area contributed by atoms with Crippen molar-refractivity contribution in [2.45, 2.75) is 38.3 Å². The highest BCUT2D eigenvalue weighted by molar-refractivity contribution is 6.31. The quantitative estimate of drug-likeness (QED) is 0.897. The van der Waals surface area contributed by atoms with Gasteiger partial charge in [0.25, 0.3) is 0 Å². The second kappa shape index (κ2) is 4.23. The third-order valence-electron chi connectivity index (χ3n) is 2.97. The summed E-state index contributed by atoms with van der Waals surface area (Å²) in [5, 5.41) is 9.85. The lowest BCUT2D eigenvalue weighted by molar-refractivity contribution is -0.182. The van der Waals surface area contributed by atoms with Gasteiger partial charge in [0.1, 0.15) is 6.10 Å². The molecule has 1 aromatic carbocycles. The maximum Gasteiger partial charge on any atom is 0.338 e. The Kier molecular flexibility index (Phi) is 3.13. The predicted octanol–water partition coefficient (Wildman–Crippen LogP) is 3.01. The Morgan fingerprint density at radius 2 is 1.94 bits per heavy atom. The van der Waals surface area contributed by atoms with E-state index >= 15 is 0 Å². The van der Waals surface area contributed by atoms with Crippen molar-refractivity contribution in [3.63, 3.8) is 0 Å². The molecule has 1 aliphatic heterocycles. The molecule has 4 nitrogen and oxygen atoms in total. The summed E-state index contributed by atoms with van der Waals surface area (Å²) in [5.41, 5.74) is -0.830. The molecule has 0 aliphatic carbocycles. The van der Waals surface area contributed by atoms with Crippen molar-refractivity contribution in [3.8, 4) is 0 Å². The van der Waals surface area contributed by atoms with E-state index in [4.69, 9.17) is 21.1 Å². The third-order valence-corrected chi connectivity index (χ3v) is 3.32. The number of carboxylic acid groups (broad SMARTS) is 1. The molecular formula is C13H15ClO4. The van der Waals surface area contributed by atoms with Gasteiger partial charge in [-0.2, -0.15) is 0 Å². The van der Waals surface area contributed by atoms with Crippen LogP contribution in [-0.4, -0.2) is 22.5 Å². The average molecular weight is 271 g/mol. The molecule has 2 atom stereocenters. The van der Waals surface area contributed by atoms with E-state index in [1.54, 1.807) is 38.1 Å². The van der Waals surface area contributed by atoms with Crippen LogP contribution >= 0.6 is 11.6 Å². The Bertz CT molecular complexity index is 486. The van der Waals surface area contributed by atoms with Gasteiger partial charge in [-0.15, -0.1) is 0 Å². The zero-order valence-corrected chi connectivity index (χ0v) is 11.2. The zero-order valence-electron chi connectivity index (χ0n) is 10.4. The molecule has 1 aromatic rings. The minimum absolute atomic E-state index is 0.469. The van der Waals surface area contributed by atoms with Crippen LogP contribution in [0.25, 0.3) is 0 Å². The maximum atomic E-state index is 11.5. The lowest BCUT2D eigenvalue weighted by Crippen LogP contribution is -2.41. The van der Waals surface area contributed by atoms with E-state index in [1.807, 2.05) is 0 Å². The van der Waals surface area contributed by atoms with Crippen molar-refractivity contribution >= 4 is 17.6 Å². The fraction of sp³-hybridized carbons (Fsp3) is 0.462. The van der Waals surface area contributed by atoms with Gasteiger partial charge in [-0.05, 0) is 26.8 Å². The topological polar surface area (TPSA) is 55.8 Å². The van der Waals surface area contributed by atoms with Gasteiger partial charge in [-0.25, -0.2) is 4.79 Å². The normalized spacial score (nSPS) is 30.3. The fourth-order valence-corrected chi connectivity index (χ4v) is 2.42. The van der Waals surface area contributed by atoms with Crippen molar-refractivity contribution in [1.29, 1.82) is 0 Å². The number of hydrogen-bond donors (Lipinski definition) is 1. The molecule has 0 aromatic heterocycles. The van der Waals surface area contributed by atoms with Crippen LogP contribution in [0.3, 0.4) is 0 Å². The number of carboxylic acids is 1. The van der Waals surface area contributed by atoms with Crippen LogP contribution in [0.4, 0.5) is 0 Å². The molecule has 1 heterocycles. The van der Waals surface area contributed by atoms with E-state index in [0.717, 1.165) is 0 Å². The van der Waals surface area contributed by atoms with Gasteiger partial charge < -0.3 is 14.6 Å². The van der Waals surface area contributed by atoms with Crippen LogP contribution in [0.15, 0.2) is 24.3 Å². The van der Waals surface area contributed by atoms with Gasteiger partial charge in [-0.1, -0.05) is 29.8 Å². The molecule has 1 fully saturated rings. The van der Waals surface area contributed by atoms with Crippen LogP contribution in [-0.2, 0) is 14.3 Å². The number of aliphatic carboxylic acids is 1. The summed E-state index contributed by atoms with van der Waals surface area (Å²) in [4.78, 5) is 11.5. The first-order valence-corrected chi connectivity index (χ1v) is 6.00. The summed E-state index contributed by atoms with van der Waals surface area (Å²) in [6.45, 7) is 4.87. The first-order chi connectivity index (χ1) is 8.26. The minimum atomic E-state index is -1.45. The molecule has 5 heteroatoms. The van der Waals surface area contributed by atoms with Gasteiger partial charge in [0, 0.05) is 10.6 Å². The third kappa shape index (κ3) is 2.11. The molecule has 0 bridgehead atoms. The largest absolute Gasteiger partial charge is 0.479 e. The summed E-state index contributed by atoms with van der Waals surface area (Å²) < 4.78 is 11.2. The van der Waals surface area contributed by atoms with Gasteiger partial charge in [0.15, 0.2) is 11.4 Å². The monoisotopic (exact) mass is 270 g/mol. The SMILES string of the molecule is CC1(C)O[C@H](c2ccccc2Cl)[C@@](C)(C(=O)O)O1. The standard InChI is InChI=1S/C13H15ClO4/c1-12(2)17-10(13(3,18-12)11(15)16)8-6-4-5-7-9(8)14/h4-7,10H,1-3H3,(H,15,16)/t10-,13+/m1/s1. The maximum absolute atomic E-state index is 11.5. The summed E-state index contributed by atoms with van der Waals surface area (Å²) in [6, 6.07) is 7.02. The molecule has 1 N–H and O–H groups in total. The number of halogens is 1. The lowest BCUT2D eigenvalue weighted by atomic mass is 9.93. The molecule has 0 spiro atoms. The molecule has 0 radical (unpaired) electrons.